The standard InChI is InChI=1S/C19H21F15O/c1-2-3-4-5-6-7-8-9-11(35)10-12(20)14(22,23)16(26,27)13(21,17(28,29)15(12,24)25)18(30,31)19(32,33)34/h2,11,35H,1,3-10H2. The van der Waals surface area contributed by atoms with Crippen LogP contribution in [0.3, 0.4) is 0 Å². The topological polar surface area (TPSA) is 20.2 Å². The third-order valence-corrected chi connectivity index (χ3v) is 5.90. The van der Waals surface area contributed by atoms with Crippen LogP contribution in [0.1, 0.15) is 51.4 Å². The highest BCUT2D eigenvalue weighted by Gasteiger charge is 3.05. The van der Waals surface area contributed by atoms with Crippen molar-refractivity contribution in [2.75, 3.05) is 0 Å². The molecule has 1 aliphatic rings. The predicted octanol–water partition coefficient (Wildman–Crippen LogP) is 7.82. The summed E-state index contributed by atoms with van der Waals surface area (Å²) in [4.78, 5) is 0. The van der Waals surface area contributed by atoms with E-state index >= 15 is 0 Å². The zero-order valence-electron chi connectivity index (χ0n) is 17.6. The van der Waals surface area contributed by atoms with E-state index in [2.05, 4.69) is 6.58 Å². The first-order valence-corrected chi connectivity index (χ1v) is 10.1. The summed E-state index contributed by atoms with van der Waals surface area (Å²) in [5, 5.41) is 9.60. The van der Waals surface area contributed by atoms with Gasteiger partial charge in [0.05, 0.1) is 6.10 Å². The summed E-state index contributed by atoms with van der Waals surface area (Å²) in [5.41, 5.74) is -14.9. The molecule has 0 aromatic carbocycles. The van der Waals surface area contributed by atoms with Gasteiger partial charge in [0.1, 0.15) is 0 Å². The number of aliphatic hydroxyl groups excluding tert-OH is 1. The molecule has 16 heteroatoms. The Labute approximate surface area is 189 Å². The molecule has 0 heterocycles. The van der Waals surface area contributed by atoms with E-state index < -0.39 is 66.1 Å². The smallest absolute Gasteiger partial charge is 0.393 e. The summed E-state index contributed by atoms with van der Waals surface area (Å²) >= 11 is 0. The second kappa shape index (κ2) is 9.51. The fourth-order valence-electron chi connectivity index (χ4n) is 3.80. The van der Waals surface area contributed by atoms with Crippen LogP contribution in [0.5, 0.6) is 0 Å². The van der Waals surface area contributed by atoms with Crippen LogP contribution in [0.15, 0.2) is 12.7 Å². The average molecular weight is 550 g/mol. The lowest BCUT2D eigenvalue weighted by atomic mass is 9.63. The van der Waals surface area contributed by atoms with Crippen LogP contribution in [0.25, 0.3) is 0 Å². The lowest BCUT2D eigenvalue weighted by molar-refractivity contribution is -0.505. The Morgan fingerprint density at radius 1 is 0.657 bits per heavy atom. The first kappa shape index (κ1) is 31.7. The van der Waals surface area contributed by atoms with Gasteiger partial charge in [0, 0.05) is 6.42 Å². The van der Waals surface area contributed by atoms with Crippen LogP contribution >= 0.6 is 0 Å². The van der Waals surface area contributed by atoms with Crippen molar-refractivity contribution in [2.24, 2.45) is 0 Å². The van der Waals surface area contributed by atoms with E-state index in [1.807, 2.05) is 0 Å². The number of aliphatic hydroxyl groups is 1. The molecular weight excluding hydrogens is 529 g/mol. The van der Waals surface area contributed by atoms with E-state index in [1.165, 1.54) is 0 Å². The molecule has 1 rings (SSSR count). The summed E-state index contributed by atoms with van der Waals surface area (Å²) in [6.07, 6.45) is -10.7. The van der Waals surface area contributed by atoms with Gasteiger partial charge in [-0.1, -0.05) is 31.8 Å². The van der Waals surface area contributed by atoms with Crippen molar-refractivity contribution in [3.63, 3.8) is 0 Å². The third-order valence-electron chi connectivity index (χ3n) is 5.90. The van der Waals surface area contributed by atoms with Gasteiger partial charge in [-0.05, 0) is 19.3 Å². The van der Waals surface area contributed by atoms with Crippen molar-refractivity contribution in [3.05, 3.63) is 12.7 Å². The summed E-state index contributed by atoms with van der Waals surface area (Å²) in [5.74, 6) is -39.3. The minimum Gasteiger partial charge on any atom is -0.393 e. The zero-order valence-corrected chi connectivity index (χ0v) is 17.6. The maximum Gasteiger partial charge on any atom is 0.457 e. The van der Waals surface area contributed by atoms with Crippen LogP contribution < -0.4 is 0 Å². The Morgan fingerprint density at radius 3 is 1.46 bits per heavy atom. The van der Waals surface area contributed by atoms with Crippen LogP contribution in [0.2, 0.25) is 0 Å². The molecule has 1 N–H and O–H groups in total. The maximum atomic E-state index is 14.8. The van der Waals surface area contributed by atoms with Crippen molar-refractivity contribution in [2.45, 2.75) is 105 Å². The van der Waals surface area contributed by atoms with Crippen LogP contribution in [-0.4, -0.2) is 58.3 Å². The first-order chi connectivity index (χ1) is 15.5. The number of rotatable bonds is 11. The molecule has 0 saturated heterocycles. The molecule has 0 amide bonds. The van der Waals surface area contributed by atoms with Crippen molar-refractivity contribution in [1.82, 2.24) is 0 Å². The van der Waals surface area contributed by atoms with Gasteiger partial charge in [-0.15, -0.1) is 6.58 Å². The molecule has 0 bridgehead atoms. The van der Waals surface area contributed by atoms with Gasteiger partial charge in [0.25, 0.3) is 5.67 Å². The molecule has 1 atom stereocenters. The molecule has 35 heavy (non-hydrogen) atoms. The van der Waals surface area contributed by atoms with Crippen molar-refractivity contribution in [3.8, 4) is 0 Å². The molecule has 1 saturated carbocycles. The van der Waals surface area contributed by atoms with Gasteiger partial charge >= 0.3 is 41.5 Å². The minimum atomic E-state index is -8.30. The summed E-state index contributed by atoms with van der Waals surface area (Å²) in [6, 6.07) is 0. The Balaban J connectivity index is 3.38. The van der Waals surface area contributed by atoms with Gasteiger partial charge in [0.2, 0.25) is 0 Å². The predicted molar refractivity (Wildman–Crippen MR) is 91.6 cm³/mol. The monoisotopic (exact) mass is 550 g/mol. The summed E-state index contributed by atoms with van der Waals surface area (Å²) in [6.45, 7) is 3.44. The minimum absolute atomic E-state index is 0.151. The molecule has 1 fully saturated rings. The molecule has 208 valence electrons. The summed E-state index contributed by atoms with van der Waals surface area (Å²) < 4.78 is 206. The maximum absolute atomic E-state index is 14.8. The van der Waals surface area contributed by atoms with Crippen LogP contribution in [-0.2, 0) is 0 Å². The largest absolute Gasteiger partial charge is 0.457 e. The highest BCUT2D eigenvalue weighted by Crippen LogP contribution is 2.74. The zero-order chi connectivity index (χ0) is 27.9. The molecule has 0 spiro atoms. The molecule has 0 aromatic heterocycles. The van der Waals surface area contributed by atoms with Crippen LogP contribution in [0.4, 0.5) is 65.9 Å². The Kier molecular flexibility index (Phi) is 8.61. The van der Waals surface area contributed by atoms with E-state index in [-0.39, 0.29) is 12.8 Å². The van der Waals surface area contributed by atoms with E-state index in [0.717, 1.165) is 0 Å². The molecule has 1 unspecified atom stereocenters. The molecule has 1 nitrogen and oxygen atoms in total. The molecular formula is C19H21F15O. The fourth-order valence-corrected chi connectivity index (χ4v) is 3.80. The van der Waals surface area contributed by atoms with Gasteiger partial charge in [-0.2, -0.15) is 57.1 Å². The fraction of sp³-hybridized carbons (Fsp3) is 0.895. The first-order valence-electron chi connectivity index (χ1n) is 10.1. The van der Waals surface area contributed by atoms with E-state index in [1.54, 1.807) is 6.08 Å². The number of hydrogen-bond acceptors (Lipinski definition) is 1. The molecule has 0 aromatic rings. The molecule has 0 aliphatic heterocycles. The normalized spacial score (nSPS) is 30.6. The number of alkyl halides is 15. The van der Waals surface area contributed by atoms with Gasteiger partial charge in [-0.3, -0.25) is 0 Å². The number of hydrogen-bond donors (Lipinski definition) is 1. The van der Waals surface area contributed by atoms with E-state index in [4.69, 9.17) is 0 Å². The van der Waals surface area contributed by atoms with Crippen molar-refractivity contribution in [1.29, 1.82) is 0 Å². The number of unbranched alkanes of at least 4 members (excludes halogenated alkanes) is 5. The highest BCUT2D eigenvalue weighted by atomic mass is 19.4. The lowest BCUT2D eigenvalue weighted by Crippen LogP contribution is -2.89. The van der Waals surface area contributed by atoms with Gasteiger partial charge in [-0.25, -0.2) is 8.78 Å². The van der Waals surface area contributed by atoms with Crippen molar-refractivity contribution < 1.29 is 71.0 Å². The Morgan fingerprint density at radius 2 is 1.06 bits per heavy atom. The Bertz CT molecular complexity index is 715. The average Bonchev–Trinajstić information content (AvgIpc) is 2.69. The molecule has 1 aliphatic carbocycles. The third kappa shape index (κ3) is 4.28. The second-order valence-electron chi connectivity index (χ2n) is 8.32. The van der Waals surface area contributed by atoms with Crippen molar-refractivity contribution >= 4 is 0 Å². The van der Waals surface area contributed by atoms with Gasteiger partial charge in [0.15, 0.2) is 0 Å². The molecule has 0 radical (unpaired) electrons. The van der Waals surface area contributed by atoms with Gasteiger partial charge < -0.3 is 5.11 Å². The number of halogens is 15. The second-order valence-corrected chi connectivity index (χ2v) is 8.32. The van der Waals surface area contributed by atoms with E-state index in [9.17, 15) is 71.0 Å². The van der Waals surface area contributed by atoms with Crippen LogP contribution in [0, 0.1) is 0 Å². The Hall–Kier alpha value is -1.35. The summed E-state index contributed by atoms with van der Waals surface area (Å²) in [7, 11) is 0. The SMILES string of the molecule is C=CCCCCCCCC(O)CC1(F)C(F)(F)C(F)(F)C(F)(C(F)(F)C(F)(F)F)C(F)(F)C1(F)F. The quantitative estimate of drug-likeness (QED) is 0.158. The highest BCUT2D eigenvalue weighted by molar-refractivity contribution is 5.33. The number of allylic oxidation sites excluding steroid dienone is 1. The lowest BCUT2D eigenvalue weighted by Gasteiger charge is -2.57. The van der Waals surface area contributed by atoms with E-state index in [0.29, 0.717) is 25.7 Å².